The van der Waals surface area contributed by atoms with E-state index in [1.165, 1.54) is 14.0 Å². The Hall–Kier alpha value is -3.41. The molecule has 0 radical (unpaired) electrons. The SMILES string of the molecule is COc1ccc(NC(=O)Cc2cccc3cccnc23)cc1NC(C)=O. The zero-order valence-electron chi connectivity index (χ0n) is 14.6. The van der Waals surface area contributed by atoms with Gasteiger partial charge >= 0.3 is 0 Å². The third-order valence-corrected chi connectivity index (χ3v) is 3.86. The minimum atomic E-state index is -0.214. The summed E-state index contributed by atoms with van der Waals surface area (Å²) >= 11 is 0. The molecule has 2 amide bonds. The number of methoxy groups -OCH3 is 1. The molecule has 26 heavy (non-hydrogen) atoms. The van der Waals surface area contributed by atoms with Crippen molar-refractivity contribution in [2.45, 2.75) is 13.3 Å². The summed E-state index contributed by atoms with van der Waals surface area (Å²) in [5.74, 6) is 0.146. The summed E-state index contributed by atoms with van der Waals surface area (Å²) < 4.78 is 5.21. The summed E-state index contributed by atoms with van der Waals surface area (Å²) in [5, 5.41) is 6.53. The molecule has 1 aromatic heterocycles. The van der Waals surface area contributed by atoms with Crippen molar-refractivity contribution in [2.24, 2.45) is 0 Å². The normalized spacial score (nSPS) is 10.4. The number of rotatable bonds is 5. The summed E-state index contributed by atoms with van der Waals surface area (Å²) in [4.78, 5) is 28.1. The number of fused-ring (bicyclic) bond motifs is 1. The van der Waals surface area contributed by atoms with Crippen LogP contribution in [0.5, 0.6) is 5.75 Å². The van der Waals surface area contributed by atoms with Gasteiger partial charge in [0.05, 0.1) is 24.7 Å². The fourth-order valence-corrected chi connectivity index (χ4v) is 2.76. The van der Waals surface area contributed by atoms with Gasteiger partial charge in [-0.1, -0.05) is 24.3 Å². The second-order valence-electron chi connectivity index (χ2n) is 5.81. The van der Waals surface area contributed by atoms with Gasteiger partial charge in [0.2, 0.25) is 11.8 Å². The van der Waals surface area contributed by atoms with Gasteiger partial charge in [-0.25, -0.2) is 0 Å². The number of pyridine rings is 1. The van der Waals surface area contributed by atoms with Gasteiger partial charge in [-0.2, -0.15) is 0 Å². The Kier molecular flexibility index (Phi) is 5.12. The van der Waals surface area contributed by atoms with Gasteiger partial charge in [-0.15, -0.1) is 0 Å². The third kappa shape index (κ3) is 3.97. The molecule has 1 heterocycles. The minimum Gasteiger partial charge on any atom is -0.495 e. The van der Waals surface area contributed by atoms with Gasteiger partial charge < -0.3 is 15.4 Å². The van der Waals surface area contributed by atoms with Gasteiger partial charge in [0, 0.05) is 24.2 Å². The van der Waals surface area contributed by atoms with Crippen LogP contribution >= 0.6 is 0 Å². The molecule has 0 unspecified atom stereocenters. The van der Waals surface area contributed by atoms with E-state index in [1.54, 1.807) is 24.4 Å². The van der Waals surface area contributed by atoms with E-state index in [0.717, 1.165) is 16.5 Å². The van der Waals surface area contributed by atoms with Crippen molar-refractivity contribution in [3.8, 4) is 5.75 Å². The Morgan fingerprint density at radius 1 is 1.08 bits per heavy atom. The van der Waals surface area contributed by atoms with Gasteiger partial charge in [0.15, 0.2) is 0 Å². The quantitative estimate of drug-likeness (QED) is 0.740. The number of para-hydroxylation sites is 1. The van der Waals surface area contributed by atoms with E-state index in [1.807, 2.05) is 30.3 Å². The molecule has 0 aliphatic carbocycles. The van der Waals surface area contributed by atoms with Crippen LogP contribution in [0.2, 0.25) is 0 Å². The number of benzene rings is 2. The van der Waals surface area contributed by atoms with Gasteiger partial charge in [0.25, 0.3) is 0 Å². The van der Waals surface area contributed by atoms with E-state index in [4.69, 9.17) is 4.74 Å². The molecule has 2 N–H and O–H groups in total. The Morgan fingerprint density at radius 2 is 1.88 bits per heavy atom. The standard InChI is InChI=1S/C20H19N3O3/c1-13(24)22-17-12-16(8-9-18(17)26-2)23-19(25)11-15-6-3-5-14-7-4-10-21-20(14)15/h3-10,12H,11H2,1-2H3,(H,22,24)(H,23,25). The van der Waals surface area contributed by atoms with Crippen molar-refractivity contribution in [3.05, 3.63) is 60.3 Å². The molecular weight excluding hydrogens is 330 g/mol. The number of amides is 2. The van der Waals surface area contributed by atoms with Crippen LogP contribution < -0.4 is 15.4 Å². The largest absolute Gasteiger partial charge is 0.495 e. The van der Waals surface area contributed by atoms with Crippen LogP contribution in [0.4, 0.5) is 11.4 Å². The van der Waals surface area contributed by atoms with Gasteiger partial charge in [0.1, 0.15) is 5.75 Å². The molecule has 0 aliphatic rings. The molecule has 2 aromatic carbocycles. The lowest BCUT2D eigenvalue weighted by molar-refractivity contribution is -0.115. The minimum absolute atomic E-state index is 0.165. The number of nitrogens with zero attached hydrogens (tertiary/aromatic N) is 1. The van der Waals surface area contributed by atoms with Crippen LogP contribution in [0, 0.1) is 0 Å². The van der Waals surface area contributed by atoms with Crippen molar-refractivity contribution in [3.63, 3.8) is 0 Å². The first kappa shape index (κ1) is 17.4. The van der Waals surface area contributed by atoms with Crippen LogP contribution in [0.1, 0.15) is 12.5 Å². The van der Waals surface area contributed by atoms with E-state index in [-0.39, 0.29) is 18.2 Å². The van der Waals surface area contributed by atoms with Crippen molar-refractivity contribution in [1.82, 2.24) is 4.98 Å². The predicted octanol–water partition coefficient (Wildman–Crippen LogP) is 3.38. The maximum Gasteiger partial charge on any atom is 0.228 e. The Balaban J connectivity index is 1.78. The van der Waals surface area contributed by atoms with Crippen molar-refractivity contribution >= 4 is 34.1 Å². The Bertz CT molecular complexity index is 964. The molecule has 0 spiro atoms. The summed E-state index contributed by atoms with van der Waals surface area (Å²) in [6.07, 6.45) is 1.92. The van der Waals surface area contributed by atoms with Crippen LogP contribution in [-0.2, 0) is 16.0 Å². The van der Waals surface area contributed by atoms with Crippen LogP contribution in [0.3, 0.4) is 0 Å². The lowest BCUT2D eigenvalue weighted by atomic mass is 10.1. The van der Waals surface area contributed by atoms with Crippen molar-refractivity contribution in [2.75, 3.05) is 17.7 Å². The first-order valence-corrected chi connectivity index (χ1v) is 8.15. The van der Waals surface area contributed by atoms with E-state index >= 15 is 0 Å². The number of hydrogen-bond acceptors (Lipinski definition) is 4. The van der Waals surface area contributed by atoms with Gasteiger partial charge in [-0.05, 0) is 29.8 Å². The highest BCUT2D eigenvalue weighted by Crippen LogP contribution is 2.28. The average molecular weight is 349 g/mol. The lowest BCUT2D eigenvalue weighted by Gasteiger charge is -2.12. The molecule has 0 saturated heterocycles. The summed E-state index contributed by atoms with van der Waals surface area (Å²) in [6.45, 7) is 1.41. The molecule has 0 atom stereocenters. The molecule has 3 rings (SSSR count). The monoisotopic (exact) mass is 349 g/mol. The predicted molar refractivity (Wildman–Crippen MR) is 101 cm³/mol. The van der Waals surface area contributed by atoms with E-state index in [2.05, 4.69) is 15.6 Å². The number of carbonyl (C=O) groups is 2. The van der Waals surface area contributed by atoms with Gasteiger partial charge in [-0.3, -0.25) is 14.6 Å². The maximum absolute atomic E-state index is 12.5. The molecule has 0 aliphatic heterocycles. The second-order valence-corrected chi connectivity index (χ2v) is 5.81. The highest BCUT2D eigenvalue weighted by molar-refractivity contribution is 5.97. The first-order valence-electron chi connectivity index (χ1n) is 8.15. The highest BCUT2D eigenvalue weighted by Gasteiger charge is 2.11. The van der Waals surface area contributed by atoms with Crippen LogP contribution in [-0.4, -0.2) is 23.9 Å². The van der Waals surface area contributed by atoms with Crippen molar-refractivity contribution in [1.29, 1.82) is 0 Å². The second kappa shape index (κ2) is 7.65. The van der Waals surface area contributed by atoms with E-state index < -0.39 is 0 Å². The molecule has 0 fully saturated rings. The molecule has 132 valence electrons. The van der Waals surface area contributed by atoms with E-state index in [0.29, 0.717) is 17.1 Å². The fourth-order valence-electron chi connectivity index (χ4n) is 2.76. The number of anilines is 2. The molecule has 3 aromatic rings. The number of nitrogens with one attached hydrogen (secondary N) is 2. The summed E-state index contributed by atoms with van der Waals surface area (Å²) in [6, 6.07) is 14.7. The Labute approximate surface area is 151 Å². The zero-order valence-corrected chi connectivity index (χ0v) is 14.6. The third-order valence-electron chi connectivity index (χ3n) is 3.86. The summed E-state index contributed by atoms with van der Waals surface area (Å²) in [7, 11) is 1.52. The smallest absolute Gasteiger partial charge is 0.228 e. The number of carbonyl (C=O) groups excluding carboxylic acids is 2. The fraction of sp³-hybridized carbons (Fsp3) is 0.150. The van der Waals surface area contributed by atoms with Crippen molar-refractivity contribution < 1.29 is 14.3 Å². The number of aromatic nitrogens is 1. The molecule has 6 nitrogen and oxygen atoms in total. The molecular formula is C20H19N3O3. The lowest BCUT2D eigenvalue weighted by Crippen LogP contribution is -2.15. The first-order chi connectivity index (χ1) is 12.6. The van der Waals surface area contributed by atoms with E-state index in [9.17, 15) is 9.59 Å². The molecule has 6 heteroatoms. The number of ether oxygens (including phenoxy) is 1. The highest BCUT2D eigenvalue weighted by atomic mass is 16.5. The topological polar surface area (TPSA) is 80.3 Å². The molecule has 0 saturated carbocycles. The zero-order chi connectivity index (χ0) is 18.5. The maximum atomic E-state index is 12.5. The Morgan fingerprint density at radius 3 is 2.65 bits per heavy atom. The average Bonchev–Trinajstić information content (AvgIpc) is 2.62. The van der Waals surface area contributed by atoms with Crippen LogP contribution in [0.15, 0.2) is 54.7 Å². The summed E-state index contributed by atoms with van der Waals surface area (Å²) in [5.41, 5.74) is 2.76. The van der Waals surface area contributed by atoms with Crippen LogP contribution in [0.25, 0.3) is 10.9 Å². The molecule has 0 bridgehead atoms. The number of hydrogen-bond donors (Lipinski definition) is 2.